The lowest BCUT2D eigenvalue weighted by Gasteiger charge is -2.04. The predicted octanol–water partition coefficient (Wildman–Crippen LogP) is 0.886. The summed E-state index contributed by atoms with van der Waals surface area (Å²) in [6.45, 7) is 0.692. The second-order valence-electron chi connectivity index (χ2n) is 4.83. The second-order valence-corrected chi connectivity index (χ2v) is 4.83. The van der Waals surface area contributed by atoms with Gasteiger partial charge < -0.3 is 4.74 Å². The zero-order valence-electron chi connectivity index (χ0n) is 12.2. The number of hydrogen-bond donors (Lipinski definition) is 2. The van der Waals surface area contributed by atoms with Crippen LogP contribution in [0.1, 0.15) is 21.6 Å². The standard InChI is InChI=1S/C16H14N4O3/c21-15(19-20-16(22)13-10-17-6-7-18-13)4-2-11-1-3-14-12(9-11)5-8-23-14/h1-4,6-7,9-10H,5,8H2,(H,19,21)(H,20,22)/b4-2+. The molecule has 23 heavy (non-hydrogen) atoms. The number of carbonyl (C=O) groups excluding carboxylic acids is 2. The van der Waals surface area contributed by atoms with Gasteiger partial charge >= 0.3 is 0 Å². The summed E-state index contributed by atoms with van der Waals surface area (Å²) in [5.41, 5.74) is 6.69. The average Bonchev–Trinajstić information content (AvgIpc) is 3.06. The van der Waals surface area contributed by atoms with Gasteiger partial charge in [0.1, 0.15) is 11.4 Å². The third-order valence-electron chi connectivity index (χ3n) is 3.24. The minimum absolute atomic E-state index is 0.121. The third-order valence-corrected chi connectivity index (χ3v) is 3.24. The number of ether oxygens (including phenoxy) is 1. The van der Waals surface area contributed by atoms with Crippen LogP contribution < -0.4 is 15.6 Å². The lowest BCUT2D eigenvalue weighted by Crippen LogP contribution is -2.41. The molecule has 0 atom stereocenters. The van der Waals surface area contributed by atoms with E-state index in [4.69, 9.17) is 4.74 Å². The Morgan fingerprint density at radius 1 is 1.22 bits per heavy atom. The molecule has 2 aromatic rings. The van der Waals surface area contributed by atoms with Crippen LogP contribution >= 0.6 is 0 Å². The number of rotatable bonds is 3. The number of hydrogen-bond acceptors (Lipinski definition) is 5. The Bertz CT molecular complexity index is 759. The molecule has 2 N–H and O–H groups in total. The van der Waals surface area contributed by atoms with Crippen LogP contribution in [0.4, 0.5) is 0 Å². The quantitative estimate of drug-likeness (QED) is 0.648. The van der Waals surface area contributed by atoms with Gasteiger partial charge in [-0.3, -0.25) is 25.4 Å². The molecular formula is C16H14N4O3. The van der Waals surface area contributed by atoms with Crippen molar-refractivity contribution in [2.45, 2.75) is 6.42 Å². The van der Waals surface area contributed by atoms with E-state index in [0.29, 0.717) is 6.61 Å². The van der Waals surface area contributed by atoms with Gasteiger partial charge in [0.05, 0.1) is 12.8 Å². The number of aromatic nitrogens is 2. The molecule has 0 spiro atoms. The first-order chi connectivity index (χ1) is 11.2. The maximum Gasteiger partial charge on any atom is 0.289 e. The normalized spacial score (nSPS) is 12.5. The van der Waals surface area contributed by atoms with E-state index in [1.165, 1.54) is 24.7 Å². The summed E-state index contributed by atoms with van der Waals surface area (Å²) in [6, 6.07) is 5.73. The fraction of sp³-hybridized carbons (Fsp3) is 0.125. The molecule has 0 fully saturated rings. The fourth-order valence-corrected chi connectivity index (χ4v) is 2.12. The van der Waals surface area contributed by atoms with Gasteiger partial charge in [0, 0.05) is 24.9 Å². The number of hydrazine groups is 1. The minimum Gasteiger partial charge on any atom is -0.493 e. The summed E-state index contributed by atoms with van der Waals surface area (Å²) >= 11 is 0. The van der Waals surface area contributed by atoms with Crippen molar-refractivity contribution < 1.29 is 14.3 Å². The lowest BCUT2D eigenvalue weighted by atomic mass is 10.1. The largest absolute Gasteiger partial charge is 0.493 e. The van der Waals surface area contributed by atoms with Gasteiger partial charge in [-0.25, -0.2) is 4.98 Å². The van der Waals surface area contributed by atoms with Crippen LogP contribution in [0, 0.1) is 0 Å². The molecule has 1 aliphatic heterocycles. The topological polar surface area (TPSA) is 93.2 Å². The van der Waals surface area contributed by atoms with Crippen molar-refractivity contribution in [3.63, 3.8) is 0 Å². The predicted molar refractivity (Wildman–Crippen MR) is 82.3 cm³/mol. The van der Waals surface area contributed by atoms with Crippen molar-refractivity contribution in [3.8, 4) is 5.75 Å². The van der Waals surface area contributed by atoms with Crippen LogP contribution in [-0.2, 0) is 11.2 Å². The van der Waals surface area contributed by atoms with Crippen molar-refractivity contribution in [2.75, 3.05) is 6.61 Å². The highest BCUT2D eigenvalue weighted by molar-refractivity contribution is 5.96. The highest BCUT2D eigenvalue weighted by Crippen LogP contribution is 2.26. The molecule has 2 heterocycles. The summed E-state index contributed by atoms with van der Waals surface area (Å²) in [5, 5.41) is 0. The Morgan fingerprint density at radius 3 is 2.96 bits per heavy atom. The molecule has 2 amide bonds. The first kappa shape index (κ1) is 14.7. The van der Waals surface area contributed by atoms with Gasteiger partial charge in [0.15, 0.2) is 0 Å². The highest BCUT2D eigenvalue weighted by Gasteiger charge is 2.11. The minimum atomic E-state index is -0.533. The SMILES string of the molecule is O=C(/C=C/c1ccc2c(c1)CCO2)NNC(=O)c1cnccn1. The highest BCUT2D eigenvalue weighted by atomic mass is 16.5. The molecule has 0 saturated heterocycles. The molecule has 3 rings (SSSR count). The van der Waals surface area contributed by atoms with Crippen molar-refractivity contribution >= 4 is 17.9 Å². The van der Waals surface area contributed by atoms with Crippen molar-refractivity contribution in [2.24, 2.45) is 0 Å². The average molecular weight is 310 g/mol. The van der Waals surface area contributed by atoms with Gasteiger partial charge in [-0.2, -0.15) is 0 Å². The molecule has 7 heteroatoms. The molecule has 0 saturated carbocycles. The van der Waals surface area contributed by atoms with E-state index in [-0.39, 0.29) is 5.69 Å². The van der Waals surface area contributed by atoms with E-state index in [9.17, 15) is 9.59 Å². The van der Waals surface area contributed by atoms with E-state index in [1.807, 2.05) is 18.2 Å². The van der Waals surface area contributed by atoms with E-state index < -0.39 is 11.8 Å². The van der Waals surface area contributed by atoms with Crippen LogP contribution in [0.25, 0.3) is 6.08 Å². The summed E-state index contributed by atoms with van der Waals surface area (Å²) < 4.78 is 5.42. The molecule has 1 aromatic heterocycles. The van der Waals surface area contributed by atoms with Gasteiger partial charge in [-0.15, -0.1) is 0 Å². The first-order valence-electron chi connectivity index (χ1n) is 7.02. The molecule has 1 aromatic carbocycles. The summed E-state index contributed by atoms with van der Waals surface area (Å²) in [5.74, 6) is -0.0867. The Hall–Kier alpha value is -3.22. The number of carbonyl (C=O) groups is 2. The van der Waals surface area contributed by atoms with Crippen LogP contribution in [0.5, 0.6) is 5.75 Å². The lowest BCUT2D eigenvalue weighted by molar-refractivity contribution is -0.117. The van der Waals surface area contributed by atoms with E-state index in [1.54, 1.807) is 6.08 Å². The summed E-state index contributed by atoms with van der Waals surface area (Å²) in [6.07, 6.45) is 8.05. The number of amides is 2. The monoisotopic (exact) mass is 310 g/mol. The maximum absolute atomic E-state index is 11.7. The van der Waals surface area contributed by atoms with Crippen molar-refractivity contribution in [1.29, 1.82) is 0 Å². The third kappa shape index (κ3) is 3.70. The van der Waals surface area contributed by atoms with Crippen molar-refractivity contribution in [3.05, 3.63) is 59.7 Å². The van der Waals surface area contributed by atoms with Crippen LogP contribution in [0.15, 0.2) is 42.9 Å². The van der Waals surface area contributed by atoms with Gasteiger partial charge in [0.25, 0.3) is 11.8 Å². The molecule has 0 aliphatic carbocycles. The van der Waals surface area contributed by atoms with Gasteiger partial charge in [-0.1, -0.05) is 6.07 Å². The van der Waals surface area contributed by atoms with E-state index in [2.05, 4.69) is 20.8 Å². The van der Waals surface area contributed by atoms with Crippen LogP contribution in [-0.4, -0.2) is 28.4 Å². The van der Waals surface area contributed by atoms with Gasteiger partial charge in [-0.05, 0) is 29.3 Å². The molecule has 0 bridgehead atoms. The van der Waals surface area contributed by atoms with Crippen molar-refractivity contribution in [1.82, 2.24) is 20.8 Å². The smallest absolute Gasteiger partial charge is 0.289 e. The molecule has 7 nitrogen and oxygen atoms in total. The molecule has 1 aliphatic rings. The molecule has 0 radical (unpaired) electrons. The Morgan fingerprint density at radius 2 is 2.13 bits per heavy atom. The molecule has 116 valence electrons. The summed E-state index contributed by atoms with van der Waals surface area (Å²) in [7, 11) is 0. The zero-order chi connectivity index (χ0) is 16.1. The summed E-state index contributed by atoms with van der Waals surface area (Å²) in [4.78, 5) is 31.0. The molecule has 0 unspecified atom stereocenters. The Kier molecular flexibility index (Phi) is 4.28. The Balaban J connectivity index is 1.54. The molecular weight excluding hydrogens is 296 g/mol. The van der Waals surface area contributed by atoms with Gasteiger partial charge in [0.2, 0.25) is 0 Å². The van der Waals surface area contributed by atoms with Crippen LogP contribution in [0.2, 0.25) is 0 Å². The second kappa shape index (κ2) is 6.69. The fourth-order valence-electron chi connectivity index (χ4n) is 2.12. The maximum atomic E-state index is 11.7. The number of benzene rings is 1. The van der Waals surface area contributed by atoms with E-state index >= 15 is 0 Å². The number of fused-ring (bicyclic) bond motifs is 1. The Labute approximate surface area is 132 Å². The first-order valence-corrected chi connectivity index (χ1v) is 7.02. The van der Waals surface area contributed by atoms with Crippen LogP contribution in [0.3, 0.4) is 0 Å². The number of nitrogens with one attached hydrogen (secondary N) is 2. The van der Waals surface area contributed by atoms with E-state index in [0.717, 1.165) is 23.3 Å². The number of nitrogens with zero attached hydrogens (tertiary/aromatic N) is 2. The zero-order valence-corrected chi connectivity index (χ0v) is 12.2.